The van der Waals surface area contributed by atoms with E-state index in [1.807, 2.05) is 18.7 Å². The average Bonchev–Trinajstić information content (AvgIpc) is 2.11. The highest BCUT2D eigenvalue weighted by atomic mass is 16.2. The third kappa shape index (κ3) is 2.84. The van der Waals surface area contributed by atoms with Gasteiger partial charge in [-0.15, -0.1) is 0 Å². The zero-order valence-corrected chi connectivity index (χ0v) is 9.18. The number of hydrogen-bond donors (Lipinski definition) is 1. The third-order valence-corrected chi connectivity index (χ3v) is 2.44. The van der Waals surface area contributed by atoms with Crippen LogP contribution in [0.4, 0.5) is 0 Å². The molecule has 1 aliphatic heterocycles. The monoisotopic (exact) mass is 196 g/mol. The van der Waals surface area contributed by atoms with E-state index in [0.29, 0.717) is 6.54 Å². The van der Waals surface area contributed by atoms with Gasteiger partial charge in [-0.05, 0) is 26.3 Å². The van der Waals surface area contributed by atoms with E-state index >= 15 is 0 Å². The van der Waals surface area contributed by atoms with E-state index in [2.05, 4.69) is 11.9 Å². The fourth-order valence-electron chi connectivity index (χ4n) is 1.86. The maximum atomic E-state index is 11.9. The highest BCUT2D eigenvalue weighted by molar-refractivity contribution is 5.82. The van der Waals surface area contributed by atoms with Gasteiger partial charge in [0.05, 0.1) is 6.04 Å². The number of likely N-dealkylation sites (N-methyl/N-ethyl adjacent to an activating group) is 1. The van der Waals surface area contributed by atoms with Gasteiger partial charge in [0, 0.05) is 13.1 Å². The minimum absolute atomic E-state index is 0.0353. The zero-order chi connectivity index (χ0) is 10.6. The van der Waals surface area contributed by atoms with Crippen LogP contribution >= 0.6 is 0 Å². The van der Waals surface area contributed by atoms with Gasteiger partial charge in [-0.3, -0.25) is 4.79 Å². The van der Waals surface area contributed by atoms with Gasteiger partial charge >= 0.3 is 0 Å². The predicted octanol–water partition coefficient (Wildman–Crippen LogP) is 1.16. The normalized spacial score (nSPS) is 22.6. The van der Waals surface area contributed by atoms with Crippen molar-refractivity contribution in [1.29, 1.82) is 0 Å². The second kappa shape index (κ2) is 5.15. The molecule has 3 heteroatoms. The number of likely N-dealkylation sites (tertiary alicyclic amines) is 1. The molecule has 1 rings (SSSR count). The smallest absolute Gasteiger partial charge is 0.239 e. The molecule has 1 heterocycles. The number of rotatable bonds is 4. The maximum Gasteiger partial charge on any atom is 0.239 e. The van der Waals surface area contributed by atoms with Gasteiger partial charge in [-0.25, -0.2) is 0 Å². The van der Waals surface area contributed by atoms with Gasteiger partial charge in [0.2, 0.25) is 5.91 Å². The van der Waals surface area contributed by atoms with Gasteiger partial charge in [0.15, 0.2) is 0 Å². The lowest BCUT2D eigenvalue weighted by Crippen LogP contribution is -2.50. The summed E-state index contributed by atoms with van der Waals surface area (Å²) in [6, 6.07) is 0.0353. The number of nitrogens with one attached hydrogen (secondary N) is 1. The Kier molecular flexibility index (Phi) is 4.14. The summed E-state index contributed by atoms with van der Waals surface area (Å²) in [4.78, 5) is 13.8. The summed E-state index contributed by atoms with van der Waals surface area (Å²) >= 11 is 0. The standard InChI is InChI=1S/C11H20N2O/c1-4-12-10-6-5-7-13(11(10)14)8-9(2)3/h10,12H,2,4-8H2,1,3H3. The van der Waals surface area contributed by atoms with Crippen molar-refractivity contribution in [2.24, 2.45) is 0 Å². The van der Waals surface area contributed by atoms with Crippen LogP contribution < -0.4 is 5.32 Å². The van der Waals surface area contributed by atoms with Crippen molar-refractivity contribution in [2.75, 3.05) is 19.6 Å². The molecule has 1 unspecified atom stereocenters. The first-order valence-electron chi connectivity index (χ1n) is 5.31. The SMILES string of the molecule is C=C(C)CN1CCCC(NCC)C1=O. The Hall–Kier alpha value is -0.830. The molecule has 1 atom stereocenters. The second-order valence-electron chi connectivity index (χ2n) is 3.97. The fraction of sp³-hybridized carbons (Fsp3) is 0.727. The van der Waals surface area contributed by atoms with Crippen LogP contribution in [0.3, 0.4) is 0 Å². The van der Waals surface area contributed by atoms with Crippen molar-refractivity contribution in [1.82, 2.24) is 10.2 Å². The van der Waals surface area contributed by atoms with Crippen molar-refractivity contribution in [3.63, 3.8) is 0 Å². The number of carbonyl (C=O) groups excluding carboxylic acids is 1. The highest BCUT2D eigenvalue weighted by Gasteiger charge is 2.27. The molecule has 0 radical (unpaired) electrons. The van der Waals surface area contributed by atoms with Crippen molar-refractivity contribution in [3.05, 3.63) is 12.2 Å². The van der Waals surface area contributed by atoms with Crippen molar-refractivity contribution >= 4 is 5.91 Å². The molecule has 0 aliphatic carbocycles. The van der Waals surface area contributed by atoms with Crippen LogP contribution in [0.5, 0.6) is 0 Å². The van der Waals surface area contributed by atoms with E-state index < -0.39 is 0 Å². The molecule has 0 aromatic rings. The molecule has 1 N–H and O–H groups in total. The molecule has 0 bridgehead atoms. The summed E-state index contributed by atoms with van der Waals surface area (Å²) in [7, 11) is 0. The van der Waals surface area contributed by atoms with Crippen LogP contribution in [0.25, 0.3) is 0 Å². The maximum absolute atomic E-state index is 11.9. The number of nitrogens with zero attached hydrogens (tertiary/aromatic N) is 1. The molecule has 1 amide bonds. The molecule has 0 saturated carbocycles. The Balaban J connectivity index is 2.52. The van der Waals surface area contributed by atoms with Gasteiger partial charge in [-0.2, -0.15) is 0 Å². The molecule has 1 fully saturated rings. The van der Waals surface area contributed by atoms with E-state index in [1.54, 1.807) is 0 Å². The van der Waals surface area contributed by atoms with Crippen molar-refractivity contribution in [2.45, 2.75) is 32.7 Å². The van der Waals surface area contributed by atoms with Crippen molar-refractivity contribution in [3.8, 4) is 0 Å². The van der Waals surface area contributed by atoms with E-state index in [0.717, 1.165) is 31.5 Å². The van der Waals surface area contributed by atoms with E-state index in [4.69, 9.17) is 0 Å². The first-order chi connectivity index (χ1) is 6.65. The lowest BCUT2D eigenvalue weighted by Gasteiger charge is -2.32. The summed E-state index contributed by atoms with van der Waals surface area (Å²) < 4.78 is 0. The van der Waals surface area contributed by atoms with Gasteiger partial charge in [0.1, 0.15) is 0 Å². The minimum Gasteiger partial charge on any atom is -0.337 e. The Labute approximate surface area is 86.2 Å². The summed E-state index contributed by atoms with van der Waals surface area (Å²) in [6.45, 7) is 10.3. The van der Waals surface area contributed by atoms with Crippen LogP contribution in [0, 0.1) is 0 Å². The minimum atomic E-state index is 0.0353. The summed E-state index contributed by atoms with van der Waals surface area (Å²) in [5.74, 6) is 0.237. The summed E-state index contributed by atoms with van der Waals surface area (Å²) in [5.41, 5.74) is 1.05. The molecule has 1 aliphatic rings. The molecule has 0 aromatic carbocycles. The molecule has 14 heavy (non-hydrogen) atoms. The van der Waals surface area contributed by atoms with Gasteiger partial charge in [0.25, 0.3) is 0 Å². The van der Waals surface area contributed by atoms with Crippen molar-refractivity contribution < 1.29 is 4.79 Å². The fourth-order valence-corrected chi connectivity index (χ4v) is 1.86. The topological polar surface area (TPSA) is 32.3 Å². The number of hydrogen-bond acceptors (Lipinski definition) is 2. The third-order valence-electron chi connectivity index (χ3n) is 2.44. The van der Waals surface area contributed by atoms with Crippen LogP contribution in [0.15, 0.2) is 12.2 Å². The Morgan fingerprint density at radius 1 is 1.71 bits per heavy atom. The molecule has 1 saturated heterocycles. The van der Waals surface area contributed by atoms with E-state index in [9.17, 15) is 4.79 Å². The molecular weight excluding hydrogens is 176 g/mol. The number of carbonyl (C=O) groups is 1. The quantitative estimate of drug-likeness (QED) is 0.684. The molecule has 80 valence electrons. The summed E-state index contributed by atoms with van der Waals surface area (Å²) in [6.07, 6.45) is 2.07. The predicted molar refractivity (Wildman–Crippen MR) is 58.1 cm³/mol. The molecule has 0 spiro atoms. The number of amides is 1. The molecule has 3 nitrogen and oxygen atoms in total. The lowest BCUT2D eigenvalue weighted by molar-refractivity contribution is -0.135. The Morgan fingerprint density at radius 2 is 2.43 bits per heavy atom. The Bertz CT molecular complexity index is 223. The summed E-state index contributed by atoms with van der Waals surface area (Å²) in [5, 5.41) is 3.22. The lowest BCUT2D eigenvalue weighted by atomic mass is 10.0. The molecule has 0 aromatic heterocycles. The first-order valence-corrected chi connectivity index (χ1v) is 5.31. The average molecular weight is 196 g/mol. The van der Waals surface area contributed by atoms with Crippen LogP contribution in [-0.4, -0.2) is 36.5 Å². The van der Waals surface area contributed by atoms with Crippen LogP contribution in [0.2, 0.25) is 0 Å². The Morgan fingerprint density at radius 3 is 3.00 bits per heavy atom. The van der Waals surface area contributed by atoms with Gasteiger partial charge in [-0.1, -0.05) is 19.1 Å². The van der Waals surface area contributed by atoms with E-state index in [-0.39, 0.29) is 11.9 Å². The highest BCUT2D eigenvalue weighted by Crippen LogP contribution is 2.12. The molecular formula is C11H20N2O. The zero-order valence-electron chi connectivity index (χ0n) is 9.18. The van der Waals surface area contributed by atoms with E-state index in [1.165, 1.54) is 0 Å². The van der Waals surface area contributed by atoms with Gasteiger partial charge < -0.3 is 10.2 Å². The van der Waals surface area contributed by atoms with Crippen LogP contribution in [-0.2, 0) is 4.79 Å². The second-order valence-corrected chi connectivity index (χ2v) is 3.97. The van der Waals surface area contributed by atoms with Crippen LogP contribution in [0.1, 0.15) is 26.7 Å². The largest absolute Gasteiger partial charge is 0.337 e. The number of piperidine rings is 1. The first kappa shape index (κ1) is 11.2.